The van der Waals surface area contributed by atoms with Crippen molar-refractivity contribution in [2.75, 3.05) is 20.1 Å². The van der Waals surface area contributed by atoms with Gasteiger partial charge in [-0.25, -0.2) is 0 Å². The van der Waals surface area contributed by atoms with Crippen molar-refractivity contribution in [2.45, 2.75) is 6.42 Å². The predicted molar refractivity (Wildman–Crippen MR) is 62.4 cm³/mol. The first-order chi connectivity index (χ1) is 6.58. The molecule has 0 atom stereocenters. The van der Waals surface area contributed by atoms with E-state index >= 15 is 0 Å². The number of hydrogen-bond acceptors (Lipinski definition) is 3. The zero-order chi connectivity index (χ0) is 10.6. The van der Waals surface area contributed by atoms with Crippen molar-refractivity contribution in [3.05, 3.63) is 20.8 Å². The number of carbonyl (C=O) groups excluding carboxylic acids is 1. The lowest BCUT2D eigenvalue weighted by Crippen LogP contribution is -2.31. The molecule has 1 rings (SSSR count). The molecule has 1 aromatic heterocycles. The fraction of sp³-hybridized carbons (Fsp3) is 0.444. The second-order valence-corrected chi connectivity index (χ2v) is 5.10. The summed E-state index contributed by atoms with van der Waals surface area (Å²) in [5, 5.41) is 2.06. The van der Waals surface area contributed by atoms with Gasteiger partial charge in [0.05, 0.1) is 6.54 Å². The molecule has 0 aliphatic carbocycles. The van der Waals surface area contributed by atoms with Crippen molar-refractivity contribution in [3.8, 4) is 0 Å². The number of primary amides is 1. The summed E-state index contributed by atoms with van der Waals surface area (Å²) < 4.78 is 1.12. The maximum atomic E-state index is 10.6. The molecule has 14 heavy (non-hydrogen) atoms. The minimum absolute atomic E-state index is 0.278. The van der Waals surface area contributed by atoms with Crippen LogP contribution in [-0.2, 0) is 11.2 Å². The Morgan fingerprint density at radius 2 is 2.43 bits per heavy atom. The highest BCUT2D eigenvalue weighted by atomic mass is 79.9. The second kappa shape index (κ2) is 5.48. The fourth-order valence-corrected chi connectivity index (χ4v) is 2.58. The lowest BCUT2D eigenvalue weighted by Gasteiger charge is -2.12. The molecular weight excluding hydrogens is 264 g/mol. The number of amides is 1. The van der Waals surface area contributed by atoms with Crippen LogP contribution < -0.4 is 5.73 Å². The van der Waals surface area contributed by atoms with Crippen LogP contribution in [0.3, 0.4) is 0 Å². The second-order valence-electron chi connectivity index (χ2n) is 3.19. The van der Waals surface area contributed by atoms with E-state index in [1.54, 1.807) is 11.3 Å². The quantitative estimate of drug-likeness (QED) is 0.886. The molecule has 0 unspecified atom stereocenters. The lowest BCUT2D eigenvalue weighted by atomic mass is 10.3. The Hall–Kier alpha value is -0.390. The maximum absolute atomic E-state index is 10.6. The van der Waals surface area contributed by atoms with Gasteiger partial charge in [0, 0.05) is 21.3 Å². The van der Waals surface area contributed by atoms with Gasteiger partial charge in [0.1, 0.15) is 0 Å². The predicted octanol–water partition coefficient (Wildman–Crippen LogP) is 1.47. The molecule has 2 N–H and O–H groups in total. The summed E-state index contributed by atoms with van der Waals surface area (Å²) in [6.45, 7) is 1.18. The molecule has 0 bridgehead atoms. The molecule has 1 heterocycles. The zero-order valence-electron chi connectivity index (χ0n) is 8.00. The van der Waals surface area contributed by atoms with Crippen LogP contribution in [0.4, 0.5) is 0 Å². The normalized spacial score (nSPS) is 10.8. The molecular formula is C9H13BrN2OS. The number of hydrogen-bond donors (Lipinski definition) is 1. The largest absolute Gasteiger partial charge is 0.369 e. The van der Waals surface area contributed by atoms with Gasteiger partial charge in [-0.2, -0.15) is 0 Å². The number of halogens is 1. The lowest BCUT2D eigenvalue weighted by molar-refractivity contribution is -0.118. The molecule has 0 saturated carbocycles. The van der Waals surface area contributed by atoms with E-state index < -0.39 is 0 Å². The third-order valence-electron chi connectivity index (χ3n) is 1.79. The van der Waals surface area contributed by atoms with Crippen molar-refractivity contribution >= 4 is 33.2 Å². The van der Waals surface area contributed by atoms with E-state index in [0.717, 1.165) is 17.4 Å². The molecule has 0 aromatic carbocycles. The Balaban J connectivity index is 2.30. The van der Waals surface area contributed by atoms with Gasteiger partial charge in [-0.05, 0) is 35.5 Å². The third-order valence-corrected chi connectivity index (χ3v) is 3.54. The standard InChI is InChI=1S/C9H13BrN2OS/c1-12(5-9(11)13)3-2-8-4-7(10)6-14-8/h4,6H,2-3,5H2,1H3,(H2,11,13). The number of carbonyl (C=O) groups is 1. The van der Waals surface area contributed by atoms with Gasteiger partial charge in [-0.1, -0.05) is 0 Å². The first-order valence-electron chi connectivity index (χ1n) is 4.27. The van der Waals surface area contributed by atoms with E-state index in [4.69, 9.17) is 5.73 Å². The van der Waals surface area contributed by atoms with Gasteiger partial charge in [0.15, 0.2) is 0 Å². The number of thiophene rings is 1. The molecule has 5 heteroatoms. The van der Waals surface area contributed by atoms with Crippen LogP contribution in [0.15, 0.2) is 15.9 Å². The van der Waals surface area contributed by atoms with Crippen molar-refractivity contribution < 1.29 is 4.79 Å². The molecule has 0 fully saturated rings. The van der Waals surface area contributed by atoms with Crippen molar-refractivity contribution in [2.24, 2.45) is 5.73 Å². The van der Waals surface area contributed by atoms with Crippen LogP contribution in [0.25, 0.3) is 0 Å². The molecule has 1 amide bonds. The summed E-state index contributed by atoms with van der Waals surface area (Å²) in [4.78, 5) is 13.8. The van der Waals surface area contributed by atoms with Crippen LogP contribution in [0, 0.1) is 0 Å². The molecule has 0 radical (unpaired) electrons. The van der Waals surface area contributed by atoms with Gasteiger partial charge in [0.2, 0.25) is 5.91 Å². The molecule has 1 aromatic rings. The van der Waals surface area contributed by atoms with Crippen molar-refractivity contribution in [1.29, 1.82) is 0 Å². The molecule has 0 aliphatic heterocycles. The van der Waals surface area contributed by atoms with Crippen LogP contribution in [-0.4, -0.2) is 30.9 Å². The summed E-state index contributed by atoms with van der Waals surface area (Å²) in [6.07, 6.45) is 0.958. The summed E-state index contributed by atoms with van der Waals surface area (Å²) in [6, 6.07) is 2.10. The van der Waals surface area contributed by atoms with Gasteiger partial charge >= 0.3 is 0 Å². The highest BCUT2D eigenvalue weighted by Gasteiger charge is 2.03. The highest BCUT2D eigenvalue weighted by molar-refractivity contribution is 9.10. The first-order valence-corrected chi connectivity index (χ1v) is 5.95. The maximum Gasteiger partial charge on any atom is 0.231 e. The Kier molecular flexibility index (Phi) is 4.57. The average Bonchev–Trinajstić information content (AvgIpc) is 2.47. The van der Waals surface area contributed by atoms with Crippen molar-refractivity contribution in [3.63, 3.8) is 0 Å². The van der Waals surface area contributed by atoms with Gasteiger partial charge in [-0.3, -0.25) is 9.69 Å². The van der Waals surface area contributed by atoms with E-state index in [0.29, 0.717) is 6.54 Å². The molecule has 0 saturated heterocycles. The van der Waals surface area contributed by atoms with Crippen LogP contribution >= 0.6 is 27.3 Å². The first kappa shape index (κ1) is 11.7. The minimum Gasteiger partial charge on any atom is -0.369 e. The zero-order valence-corrected chi connectivity index (χ0v) is 10.4. The monoisotopic (exact) mass is 276 g/mol. The highest BCUT2D eigenvalue weighted by Crippen LogP contribution is 2.20. The third kappa shape index (κ3) is 4.21. The summed E-state index contributed by atoms with van der Waals surface area (Å²) in [7, 11) is 1.90. The van der Waals surface area contributed by atoms with E-state index in [9.17, 15) is 4.79 Å². The Morgan fingerprint density at radius 1 is 1.71 bits per heavy atom. The Morgan fingerprint density at radius 3 is 2.93 bits per heavy atom. The summed E-state index contributed by atoms with van der Waals surface area (Å²) >= 11 is 5.12. The SMILES string of the molecule is CN(CCc1cc(Br)cs1)CC(N)=O. The molecule has 0 spiro atoms. The number of nitrogens with zero attached hydrogens (tertiary/aromatic N) is 1. The smallest absolute Gasteiger partial charge is 0.231 e. The number of likely N-dealkylation sites (N-methyl/N-ethyl adjacent to an activating group) is 1. The van der Waals surface area contributed by atoms with Crippen molar-refractivity contribution in [1.82, 2.24) is 4.90 Å². The minimum atomic E-state index is -0.278. The van der Waals surface area contributed by atoms with Gasteiger partial charge in [0.25, 0.3) is 0 Å². The summed E-state index contributed by atoms with van der Waals surface area (Å²) in [5.41, 5.74) is 5.08. The van der Waals surface area contributed by atoms with Gasteiger partial charge in [-0.15, -0.1) is 11.3 Å². The Labute approximate surface area is 96.0 Å². The van der Waals surface area contributed by atoms with Gasteiger partial charge < -0.3 is 5.73 Å². The van der Waals surface area contributed by atoms with E-state index in [2.05, 4.69) is 27.4 Å². The topological polar surface area (TPSA) is 46.3 Å². The van der Waals surface area contributed by atoms with Crippen LogP contribution in [0.1, 0.15) is 4.88 Å². The fourth-order valence-electron chi connectivity index (χ4n) is 1.13. The van der Waals surface area contributed by atoms with E-state index in [-0.39, 0.29) is 5.91 Å². The van der Waals surface area contributed by atoms with Crippen LogP contribution in [0.2, 0.25) is 0 Å². The number of rotatable bonds is 5. The molecule has 0 aliphatic rings. The summed E-state index contributed by atoms with van der Waals surface area (Å²) in [5.74, 6) is -0.278. The number of nitrogens with two attached hydrogens (primary N) is 1. The molecule has 3 nitrogen and oxygen atoms in total. The molecule has 78 valence electrons. The average molecular weight is 277 g/mol. The van der Waals surface area contributed by atoms with E-state index in [1.165, 1.54) is 4.88 Å². The van der Waals surface area contributed by atoms with E-state index in [1.807, 2.05) is 11.9 Å². The van der Waals surface area contributed by atoms with Crippen LogP contribution in [0.5, 0.6) is 0 Å². The Bertz CT molecular complexity index is 314.